The molecule has 1 saturated heterocycles. The highest BCUT2D eigenvalue weighted by Crippen LogP contribution is 2.25. The predicted octanol–water partition coefficient (Wildman–Crippen LogP) is 0.596. The number of piperidine rings is 1. The lowest BCUT2D eigenvalue weighted by molar-refractivity contribution is -0.141. The summed E-state index contributed by atoms with van der Waals surface area (Å²) in [7, 11) is -3.14. The smallest absolute Gasteiger partial charge is 0.317 e. The minimum absolute atomic E-state index is 0.00690. The Morgan fingerprint density at radius 3 is 2.11 bits per heavy atom. The topological polar surface area (TPSA) is 77.9 Å². The number of carbonyl (C=O) groups is 1. The van der Waals surface area contributed by atoms with Crippen LogP contribution in [0.3, 0.4) is 0 Å². The van der Waals surface area contributed by atoms with E-state index < -0.39 is 16.0 Å². The van der Waals surface area contributed by atoms with E-state index in [-0.39, 0.29) is 18.1 Å². The molecular weight excluding hydrogens is 268 g/mol. The second kappa shape index (κ2) is 5.76. The van der Waals surface area contributed by atoms with Crippen LogP contribution in [0.5, 0.6) is 0 Å². The van der Waals surface area contributed by atoms with E-state index in [2.05, 4.69) is 0 Å². The van der Waals surface area contributed by atoms with E-state index in [0.717, 1.165) is 0 Å². The molecule has 1 rings (SSSR count). The van der Waals surface area contributed by atoms with Crippen molar-refractivity contribution in [3.05, 3.63) is 0 Å². The van der Waals surface area contributed by atoms with Crippen LogP contribution < -0.4 is 0 Å². The van der Waals surface area contributed by atoms with Gasteiger partial charge in [-0.05, 0) is 33.6 Å². The lowest BCUT2D eigenvalue weighted by Crippen LogP contribution is -2.54. The van der Waals surface area contributed by atoms with Crippen LogP contribution in [0.25, 0.3) is 0 Å². The zero-order valence-electron chi connectivity index (χ0n) is 12.1. The van der Waals surface area contributed by atoms with Gasteiger partial charge in [-0.25, -0.2) is 12.7 Å². The van der Waals surface area contributed by atoms with Crippen molar-refractivity contribution >= 4 is 16.0 Å². The molecule has 112 valence electrons. The van der Waals surface area contributed by atoms with Crippen LogP contribution in [-0.4, -0.2) is 66.2 Å². The van der Waals surface area contributed by atoms with Gasteiger partial charge in [0.1, 0.15) is 0 Å². The van der Waals surface area contributed by atoms with Crippen LogP contribution in [-0.2, 0) is 14.8 Å². The third-order valence-electron chi connectivity index (χ3n) is 3.50. The first kappa shape index (κ1) is 16.4. The molecule has 0 aromatic heterocycles. The van der Waals surface area contributed by atoms with Crippen molar-refractivity contribution in [2.24, 2.45) is 0 Å². The number of carboxylic acid groups (broad SMARTS) is 1. The lowest BCUT2D eigenvalue weighted by Gasteiger charge is -2.44. The Hall–Kier alpha value is -0.660. The first-order valence-electron chi connectivity index (χ1n) is 6.45. The van der Waals surface area contributed by atoms with Gasteiger partial charge in [0.15, 0.2) is 0 Å². The van der Waals surface area contributed by atoms with Crippen molar-refractivity contribution in [1.29, 1.82) is 0 Å². The molecule has 0 aromatic carbocycles. The fourth-order valence-electron chi connectivity index (χ4n) is 2.55. The molecule has 1 aliphatic rings. The second-order valence-electron chi connectivity index (χ2n) is 6.09. The maximum absolute atomic E-state index is 11.5. The van der Waals surface area contributed by atoms with E-state index in [0.29, 0.717) is 25.9 Å². The second-order valence-corrected chi connectivity index (χ2v) is 8.07. The first-order valence-corrected chi connectivity index (χ1v) is 8.30. The Morgan fingerprint density at radius 2 is 1.79 bits per heavy atom. The van der Waals surface area contributed by atoms with Crippen LogP contribution in [0.4, 0.5) is 0 Å². The van der Waals surface area contributed by atoms with E-state index in [1.807, 2.05) is 25.7 Å². The molecule has 1 N–H and O–H groups in total. The van der Waals surface area contributed by atoms with Crippen molar-refractivity contribution in [2.75, 3.05) is 25.9 Å². The van der Waals surface area contributed by atoms with Crippen LogP contribution in [0.15, 0.2) is 0 Å². The normalized spacial score (nSPS) is 19.8. The van der Waals surface area contributed by atoms with Gasteiger partial charge >= 0.3 is 5.97 Å². The summed E-state index contributed by atoms with van der Waals surface area (Å²) in [5, 5.41) is 9.01. The summed E-state index contributed by atoms with van der Waals surface area (Å²) in [5.74, 6) is -0.847. The van der Waals surface area contributed by atoms with Gasteiger partial charge in [-0.15, -0.1) is 0 Å². The highest BCUT2D eigenvalue weighted by Gasteiger charge is 2.34. The molecule has 0 aliphatic carbocycles. The molecule has 1 fully saturated rings. The fraction of sp³-hybridized carbons (Fsp3) is 0.917. The summed E-state index contributed by atoms with van der Waals surface area (Å²) < 4.78 is 24.4. The Balaban J connectivity index is 2.72. The number of nitrogens with zero attached hydrogens (tertiary/aromatic N) is 2. The summed E-state index contributed by atoms with van der Waals surface area (Å²) in [4.78, 5) is 12.9. The monoisotopic (exact) mass is 292 g/mol. The molecule has 1 heterocycles. The lowest BCUT2D eigenvalue weighted by atomic mass is 9.97. The molecule has 1 aliphatic heterocycles. The van der Waals surface area contributed by atoms with Gasteiger partial charge in [0.25, 0.3) is 0 Å². The average Bonchev–Trinajstić information content (AvgIpc) is 2.23. The summed E-state index contributed by atoms with van der Waals surface area (Å²) in [6, 6.07) is 0.120. The van der Waals surface area contributed by atoms with Crippen LogP contribution >= 0.6 is 0 Å². The Labute approximate surface area is 115 Å². The van der Waals surface area contributed by atoms with Gasteiger partial charge in [-0.2, -0.15) is 0 Å². The van der Waals surface area contributed by atoms with E-state index in [1.165, 1.54) is 10.6 Å². The molecule has 0 spiro atoms. The molecule has 19 heavy (non-hydrogen) atoms. The van der Waals surface area contributed by atoms with Crippen LogP contribution in [0.2, 0.25) is 0 Å². The zero-order valence-corrected chi connectivity index (χ0v) is 12.9. The average molecular weight is 292 g/mol. The predicted molar refractivity (Wildman–Crippen MR) is 73.5 cm³/mol. The Morgan fingerprint density at radius 1 is 1.32 bits per heavy atom. The fourth-order valence-corrected chi connectivity index (χ4v) is 3.42. The molecule has 0 radical (unpaired) electrons. The number of rotatable bonds is 4. The standard InChI is InChI=1S/C12H24N2O4S/c1-12(2,3)14(9-11(15)16)10-5-7-13(8-6-10)19(4,17)18/h10H,5-9H2,1-4H3,(H,15,16). The summed E-state index contributed by atoms with van der Waals surface area (Å²) in [5.41, 5.74) is -0.240. The molecule has 0 saturated carbocycles. The molecule has 0 aromatic rings. The Kier molecular flexibility index (Phi) is 4.97. The Bertz CT molecular complexity index is 420. The number of hydrogen-bond donors (Lipinski definition) is 1. The van der Waals surface area contributed by atoms with Crippen molar-refractivity contribution < 1.29 is 18.3 Å². The van der Waals surface area contributed by atoms with Crippen LogP contribution in [0, 0.1) is 0 Å². The molecule has 7 heteroatoms. The third-order valence-corrected chi connectivity index (χ3v) is 4.80. The van der Waals surface area contributed by atoms with Crippen molar-refractivity contribution in [3.8, 4) is 0 Å². The van der Waals surface area contributed by atoms with Gasteiger partial charge in [-0.3, -0.25) is 9.69 Å². The SMILES string of the molecule is CC(C)(C)N(CC(=O)O)C1CCN(S(C)(=O)=O)CC1. The van der Waals surface area contributed by atoms with Crippen LogP contribution in [0.1, 0.15) is 33.6 Å². The van der Waals surface area contributed by atoms with Crippen molar-refractivity contribution in [2.45, 2.75) is 45.2 Å². The zero-order chi connectivity index (χ0) is 14.8. The van der Waals surface area contributed by atoms with Gasteiger partial charge in [0, 0.05) is 24.7 Å². The summed E-state index contributed by atoms with van der Waals surface area (Å²) in [6.45, 7) is 6.88. The van der Waals surface area contributed by atoms with Crippen molar-refractivity contribution in [3.63, 3.8) is 0 Å². The first-order chi connectivity index (χ1) is 8.51. The summed E-state index contributed by atoms with van der Waals surface area (Å²) in [6.07, 6.45) is 2.57. The molecular formula is C12H24N2O4S. The highest BCUT2D eigenvalue weighted by atomic mass is 32.2. The molecule has 0 bridgehead atoms. The number of sulfonamides is 1. The maximum Gasteiger partial charge on any atom is 0.317 e. The highest BCUT2D eigenvalue weighted by molar-refractivity contribution is 7.88. The quantitative estimate of drug-likeness (QED) is 0.821. The van der Waals surface area contributed by atoms with Gasteiger partial charge in [-0.1, -0.05) is 0 Å². The third kappa shape index (κ3) is 4.74. The molecule has 6 nitrogen and oxygen atoms in total. The van der Waals surface area contributed by atoms with Gasteiger partial charge < -0.3 is 5.11 Å². The minimum Gasteiger partial charge on any atom is -0.480 e. The number of aliphatic carboxylic acids is 1. The molecule has 0 atom stereocenters. The minimum atomic E-state index is -3.14. The van der Waals surface area contributed by atoms with E-state index in [9.17, 15) is 13.2 Å². The maximum atomic E-state index is 11.5. The largest absolute Gasteiger partial charge is 0.480 e. The van der Waals surface area contributed by atoms with Crippen molar-refractivity contribution in [1.82, 2.24) is 9.21 Å². The van der Waals surface area contributed by atoms with E-state index in [4.69, 9.17) is 5.11 Å². The number of hydrogen-bond acceptors (Lipinski definition) is 4. The van der Waals surface area contributed by atoms with Gasteiger partial charge in [0.2, 0.25) is 10.0 Å². The van der Waals surface area contributed by atoms with E-state index >= 15 is 0 Å². The van der Waals surface area contributed by atoms with E-state index in [1.54, 1.807) is 0 Å². The van der Waals surface area contributed by atoms with Gasteiger partial charge in [0.05, 0.1) is 12.8 Å². The number of carboxylic acids is 1. The summed E-state index contributed by atoms with van der Waals surface area (Å²) >= 11 is 0. The molecule has 0 amide bonds. The molecule has 0 unspecified atom stereocenters.